The van der Waals surface area contributed by atoms with E-state index in [0.717, 1.165) is 17.1 Å². The van der Waals surface area contributed by atoms with Crippen molar-refractivity contribution in [2.45, 2.75) is 32.9 Å². The van der Waals surface area contributed by atoms with Crippen molar-refractivity contribution >= 4 is 11.8 Å². The topological polar surface area (TPSA) is 72.0 Å². The number of guanidine groups is 1. The van der Waals surface area contributed by atoms with Crippen LogP contribution in [0.2, 0.25) is 0 Å². The van der Waals surface area contributed by atoms with E-state index in [1.807, 2.05) is 45.0 Å². The molecule has 1 aliphatic rings. The quantitative estimate of drug-likeness (QED) is 0.865. The van der Waals surface area contributed by atoms with Gasteiger partial charge in [0.25, 0.3) is 0 Å². The van der Waals surface area contributed by atoms with E-state index in [9.17, 15) is 0 Å². The summed E-state index contributed by atoms with van der Waals surface area (Å²) in [7, 11) is 0. The summed E-state index contributed by atoms with van der Waals surface area (Å²) in [5.41, 5.74) is 6.42. The number of nitrogens with zero attached hydrogens (tertiary/aromatic N) is 2. The van der Waals surface area contributed by atoms with Gasteiger partial charge in [-0.25, -0.2) is 9.98 Å². The van der Waals surface area contributed by atoms with Crippen LogP contribution < -0.4 is 15.8 Å². The number of nitrogens with one attached hydrogen (secondary N) is 1. The number of aliphatic imine (C=N–C) groups is 2. The number of rotatable bonds is 4. The Balaban J connectivity index is 2.07. The SMILES string of the molecule is CCOc1ccc(CC2=NC(C)(C)N=C(N)N2)cc1. The van der Waals surface area contributed by atoms with Gasteiger partial charge in [-0.1, -0.05) is 12.1 Å². The first kappa shape index (κ1) is 13.4. The molecular formula is C14H20N4O. The first-order valence-corrected chi connectivity index (χ1v) is 6.41. The molecule has 5 heteroatoms. The average Bonchev–Trinajstić information content (AvgIpc) is 2.29. The van der Waals surface area contributed by atoms with Gasteiger partial charge in [0, 0.05) is 6.42 Å². The lowest BCUT2D eigenvalue weighted by atomic mass is 10.1. The summed E-state index contributed by atoms with van der Waals surface area (Å²) >= 11 is 0. The van der Waals surface area contributed by atoms with Crippen molar-refractivity contribution < 1.29 is 4.74 Å². The molecule has 1 heterocycles. The molecule has 0 spiro atoms. The minimum atomic E-state index is -0.490. The van der Waals surface area contributed by atoms with Crippen LogP contribution in [0.25, 0.3) is 0 Å². The third-order valence-corrected chi connectivity index (χ3v) is 2.68. The molecular weight excluding hydrogens is 240 g/mol. The molecule has 0 atom stereocenters. The molecule has 3 N–H and O–H groups in total. The van der Waals surface area contributed by atoms with E-state index in [4.69, 9.17) is 10.5 Å². The van der Waals surface area contributed by atoms with E-state index >= 15 is 0 Å². The van der Waals surface area contributed by atoms with Gasteiger partial charge in [-0.3, -0.25) is 0 Å². The smallest absolute Gasteiger partial charge is 0.196 e. The molecule has 1 aliphatic heterocycles. The van der Waals surface area contributed by atoms with Crippen LogP contribution >= 0.6 is 0 Å². The lowest BCUT2D eigenvalue weighted by molar-refractivity contribution is 0.340. The molecule has 0 saturated carbocycles. The summed E-state index contributed by atoms with van der Waals surface area (Å²) in [6.45, 7) is 6.51. The van der Waals surface area contributed by atoms with Gasteiger partial charge in [-0.05, 0) is 38.5 Å². The van der Waals surface area contributed by atoms with E-state index in [0.29, 0.717) is 19.0 Å². The van der Waals surface area contributed by atoms with Gasteiger partial charge in [-0.2, -0.15) is 0 Å². The van der Waals surface area contributed by atoms with Crippen molar-refractivity contribution in [3.05, 3.63) is 29.8 Å². The molecule has 2 rings (SSSR count). The predicted octanol–water partition coefficient (Wildman–Crippen LogP) is 1.68. The Labute approximate surface area is 113 Å². The molecule has 0 unspecified atom stereocenters. The van der Waals surface area contributed by atoms with Gasteiger partial charge >= 0.3 is 0 Å². The Hall–Kier alpha value is -2.04. The molecule has 1 aromatic carbocycles. The molecule has 0 amide bonds. The number of nitrogens with two attached hydrogens (primary N) is 1. The van der Waals surface area contributed by atoms with Crippen molar-refractivity contribution in [2.75, 3.05) is 6.61 Å². The van der Waals surface area contributed by atoms with Crippen LogP contribution in [0.15, 0.2) is 34.3 Å². The highest BCUT2D eigenvalue weighted by Gasteiger charge is 2.21. The summed E-state index contributed by atoms with van der Waals surface area (Å²) < 4.78 is 5.42. The molecule has 5 nitrogen and oxygen atoms in total. The molecule has 0 aliphatic carbocycles. The van der Waals surface area contributed by atoms with Crippen LogP contribution in [0.5, 0.6) is 5.75 Å². The first-order valence-electron chi connectivity index (χ1n) is 6.41. The van der Waals surface area contributed by atoms with Gasteiger partial charge in [0.05, 0.1) is 6.61 Å². The second kappa shape index (κ2) is 5.30. The van der Waals surface area contributed by atoms with Gasteiger partial charge in [0.15, 0.2) is 5.96 Å². The number of hydrogen-bond acceptors (Lipinski definition) is 5. The van der Waals surface area contributed by atoms with Gasteiger partial charge in [0.2, 0.25) is 0 Å². The zero-order valence-electron chi connectivity index (χ0n) is 11.6. The molecule has 0 fully saturated rings. The standard InChI is InChI=1S/C14H20N4O/c1-4-19-11-7-5-10(6-8-11)9-12-16-13(15)18-14(2,3)17-12/h5-8H,4,9H2,1-3H3,(H3,15,16,17,18). The normalized spacial score (nSPS) is 17.2. The maximum atomic E-state index is 5.76. The predicted molar refractivity (Wildman–Crippen MR) is 77.6 cm³/mol. The Kier molecular flexibility index (Phi) is 3.74. The Morgan fingerprint density at radius 2 is 1.89 bits per heavy atom. The molecule has 1 aromatic rings. The highest BCUT2D eigenvalue weighted by Crippen LogP contribution is 2.16. The fourth-order valence-corrected chi connectivity index (χ4v) is 2.00. The number of hydrogen-bond donors (Lipinski definition) is 2. The molecule has 102 valence electrons. The van der Waals surface area contributed by atoms with Gasteiger partial charge in [0.1, 0.15) is 17.2 Å². The maximum absolute atomic E-state index is 5.76. The zero-order valence-corrected chi connectivity index (χ0v) is 11.6. The molecule has 0 aromatic heterocycles. The summed E-state index contributed by atoms with van der Waals surface area (Å²) in [4.78, 5) is 8.75. The highest BCUT2D eigenvalue weighted by atomic mass is 16.5. The number of ether oxygens (including phenoxy) is 1. The van der Waals surface area contributed by atoms with Crippen LogP contribution in [-0.4, -0.2) is 24.1 Å². The second-order valence-corrected chi connectivity index (χ2v) is 4.93. The van der Waals surface area contributed by atoms with E-state index in [2.05, 4.69) is 15.3 Å². The van der Waals surface area contributed by atoms with Crippen LogP contribution in [0, 0.1) is 0 Å². The summed E-state index contributed by atoms with van der Waals surface area (Å²) in [5, 5.41) is 3.01. The summed E-state index contributed by atoms with van der Waals surface area (Å²) in [6.07, 6.45) is 0.700. The van der Waals surface area contributed by atoms with Gasteiger partial charge < -0.3 is 15.8 Å². The van der Waals surface area contributed by atoms with E-state index < -0.39 is 5.66 Å². The fourth-order valence-electron chi connectivity index (χ4n) is 2.00. The lowest BCUT2D eigenvalue weighted by Gasteiger charge is -2.24. The molecule has 0 bridgehead atoms. The summed E-state index contributed by atoms with van der Waals surface area (Å²) in [5.74, 6) is 2.13. The van der Waals surface area contributed by atoms with Crippen molar-refractivity contribution in [2.24, 2.45) is 15.7 Å². The first-order chi connectivity index (χ1) is 8.98. The second-order valence-electron chi connectivity index (χ2n) is 4.93. The Morgan fingerprint density at radius 3 is 2.47 bits per heavy atom. The average molecular weight is 260 g/mol. The number of amidine groups is 1. The maximum Gasteiger partial charge on any atom is 0.196 e. The Bertz CT molecular complexity index is 503. The minimum absolute atomic E-state index is 0.418. The third kappa shape index (κ3) is 3.71. The summed E-state index contributed by atoms with van der Waals surface area (Å²) in [6, 6.07) is 7.99. The van der Waals surface area contributed by atoms with Crippen molar-refractivity contribution in [3.8, 4) is 5.75 Å². The van der Waals surface area contributed by atoms with E-state index in [1.165, 1.54) is 0 Å². The van der Waals surface area contributed by atoms with Crippen molar-refractivity contribution in [1.29, 1.82) is 0 Å². The van der Waals surface area contributed by atoms with E-state index in [-0.39, 0.29) is 0 Å². The van der Waals surface area contributed by atoms with Gasteiger partial charge in [-0.15, -0.1) is 0 Å². The Morgan fingerprint density at radius 1 is 1.21 bits per heavy atom. The molecule has 19 heavy (non-hydrogen) atoms. The molecule has 0 radical (unpaired) electrons. The molecule has 0 saturated heterocycles. The van der Waals surface area contributed by atoms with Crippen LogP contribution in [0.1, 0.15) is 26.3 Å². The number of benzene rings is 1. The van der Waals surface area contributed by atoms with Crippen molar-refractivity contribution in [1.82, 2.24) is 5.32 Å². The monoisotopic (exact) mass is 260 g/mol. The van der Waals surface area contributed by atoms with E-state index in [1.54, 1.807) is 0 Å². The van der Waals surface area contributed by atoms with Crippen LogP contribution in [-0.2, 0) is 6.42 Å². The largest absolute Gasteiger partial charge is 0.494 e. The van der Waals surface area contributed by atoms with Crippen LogP contribution in [0.4, 0.5) is 0 Å². The lowest BCUT2D eigenvalue weighted by Crippen LogP contribution is -2.44. The fraction of sp³-hybridized carbons (Fsp3) is 0.429. The third-order valence-electron chi connectivity index (χ3n) is 2.68. The van der Waals surface area contributed by atoms with Crippen LogP contribution in [0.3, 0.4) is 0 Å². The minimum Gasteiger partial charge on any atom is -0.494 e. The highest BCUT2D eigenvalue weighted by molar-refractivity contribution is 6.01. The van der Waals surface area contributed by atoms with Crippen molar-refractivity contribution in [3.63, 3.8) is 0 Å². The zero-order chi connectivity index (χ0) is 13.9.